The summed E-state index contributed by atoms with van der Waals surface area (Å²) in [7, 11) is 0. The smallest absolute Gasteiger partial charge is 0.227 e. The molecule has 1 aromatic heterocycles. The van der Waals surface area contributed by atoms with E-state index in [1.54, 1.807) is 0 Å². The Labute approximate surface area is 195 Å². The molecule has 1 atom stereocenters. The Morgan fingerprint density at radius 2 is 1.55 bits per heavy atom. The van der Waals surface area contributed by atoms with Gasteiger partial charge in [-0.25, -0.2) is 4.98 Å². The lowest BCUT2D eigenvalue weighted by Crippen LogP contribution is -2.25. The Balaban J connectivity index is 1.59. The molecule has 0 spiro atoms. The molecule has 3 aromatic carbocycles. The average Bonchev–Trinajstić information content (AvgIpc) is 3.36. The van der Waals surface area contributed by atoms with Crippen LogP contribution >= 0.6 is 0 Å². The molecule has 33 heavy (non-hydrogen) atoms. The van der Waals surface area contributed by atoms with Crippen LogP contribution in [0.25, 0.3) is 11.0 Å². The lowest BCUT2D eigenvalue weighted by Gasteiger charge is -2.20. The number of para-hydroxylation sites is 3. The first-order chi connectivity index (χ1) is 15.8. The molecule has 0 N–H and O–H groups in total. The maximum Gasteiger partial charge on any atom is 0.227 e. The number of hydrogen-bond acceptors (Lipinski definition) is 2. The van der Waals surface area contributed by atoms with E-state index in [1.165, 1.54) is 27.8 Å². The predicted octanol–water partition coefficient (Wildman–Crippen LogP) is 6.15. The highest BCUT2D eigenvalue weighted by molar-refractivity contribution is 5.97. The van der Waals surface area contributed by atoms with E-state index >= 15 is 0 Å². The molecule has 1 aliphatic rings. The lowest BCUT2D eigenvalue weighted by molar-refractivity contribution is -0.117. The van der Waals surface area contributed by atoms with Crippen LogP contribution in [0.4, 0.5) is 5.69 Å². The standard InChI is InChI=1S/C29H31N3O/c1-18-10-6-8-12-26(18)31-16-23(15-28(31)33)29-30-25-11-7-9-13-27(25)32(29)17-24-21(4)19(2)14-20(3)22(24)5/h6-14,23H,15-17H2,1-5H3/t23-/m1/s1. The highest BCUT2D eigenvalue weighted by atomic mass is 16.2. The van der Waals surface area contributed by atoms with Crippen molar-refractivity contribution in [3.8, 4) is 0 Å². The molecule has 4 heteroatoms. The van der Waals surface area contributed by atoms with E-state index in [0.29, 0.717) is 13.0 Å². The van der Waals surface area contributed by atoms with Crippen LogP contribution < -0.4 is 4.90 Å². The maximum atomic E-state index is 13.1. The summed E-state index contributed by atoms with van der Waals surface area (Å²) in [4.78, 5) is 20.1. The van der Waals surface area contributed by atoms with Crippen LogP contribution in [0, 0.1) is 34.6 Å². The molecule has 4 aromatic rings. The van der Waals surface area contributed by atoms with Gasteiger partial charge in [-0.2, -0.15) is 0 Å². The van der Waals surface area contributed by atoms with E-state index in [0.717, 1.165) is 34.7 Å². The molecule has 1 fully saturated rings. The second-order valence-electron chi connectivity index (χ2n) is 9.48. The summed E-state index contributed by atoms with van der Waals surface area (Å²) in [5.74, 6) is 1.25. The van der Waals surface area contributed by atoms with Gasteiger partial charge < -0.3 is 9.47 Å². The molecule has 168 valence electrons. The monoisotopic (exact) mass is 437 g/mol. The van der Waals surface area contributed by atoms with Crippen LogP contribution in [0.5, 0.6) is 0 Å². The number of imidazole rings is 1. The van der Waals surface area contributed by atoms with Gasteiger partial charge in [0.2, 0.25) is 5.91 Å². The highest BCUT2D eigenvalue weighted by Gasteiger charge is 2.35. The number of amides is 1. The molecule has 1 aliphatic heterocycles. The third-order valence-corrected chi connectivity index (χ3v) is 7.42. The van der Waals surface area contributed by atoms with E-state index in [-0.39, 0.29) is 11.8 Å². The predicted molar refractivity (Wildman–Crippen MR) is 135 cm³/mol. The minimum Gasteiger partial charge on any atom is -0.323 e. The first-order valence-corrected chi connectivity index (χ1v) is 11.7. The number of rotatable bonds is 4. The molecule has 2 heterocycles. The van der Waals surface area contributed by atoms with E-state index < -0.39 is 0 Å². The van der Waals surface area contributed by atoms with Gasteiger partial charge in [-0.15, -0.1) is 0 Å². The molecule has 1 amide bonds. The van der Waals surface area contributed by atoms with Crippen molar-refractivity contribution >= 4 is 22.6 Å². The van der Waals surface area contributed by atoms with E-state index in [2.05, 4.69) is 69.5 Å². The van der Waals surface area contributed by atoms with Gasteiger partial charge in [-0.05, 0) is 86.2 Å². The summed E-state index contributed by atoms with van der Waals surface area (Å²) in [5.41, 5.74) is 10.9. The molecule has 4 nitrogen and oxygen atoms in total. The molecule has 0 radical (unpaired) electrons. The Morgan fingerprint density at radius 3 is 2.27 bits per heavy atom. The summed E-state index contributed by atoms with van der Waals surface area (Å²) in [6.45, 7) is 12.3. The van der Waals surface area contributed by atoms with Gasteiger partial charge in [-0.3, -0.25) is 4.79 Å². The van der Waals surface area contributed by atoms with Crippen LogP contribution in [-0.4, -0.2) is 22.0 Å². The van der Waals surface area contributed by atoms with Crippen LogP contribution in [0.3, 0.4) is 0 Å². The molecule has 1 saturated heterocycles. The molecular weight excluding hydrogens is 406 g/mol. The van der Waals surface area contributed by atoms with Crippen molar-refractivity contribution < 1.29 is 4.79 Å². The van der Waals surface area contributed by atoms with Crippen LogP contribution in [0.15, 0.2) is 54.6 Å². The summed E-state index contributed by atoms with van der Waals surface area (Å²) in [6.07, 6.45) is 0.489. The molecule has 0 unspecified atom stereocenters. The van der Waals surface area contributed by atoms with Gasteiger partial charge in [0.05, 0.1) is 11.0 Å². The topological polar surface area (TPSA) is 38.1 Å². The van der Waals surface area contributed by atoms with Crippen molar-refractivity contribution in [3.63, 3.8) is 0 Å². The molecule has 0 aliphatic carbocycles. The first-order valence-electron chi connectivity index (χ1n) is 11.7. The zero-order valence-electron chi connectivity index (χ0n) is 20.1. The SMILES string of the molecule is Cc1ccccc1N1C[C@H](c2nc3ccccc3n2Cc2c(C)c(C)cc(C)c2C)CC1=O. The quantitative estimate of drug-likeness (QED) is 0.384. The van der Waals surface area contributed by atoms with Crippen molar-refractivity contribution in [3.05, 3.63) is 93.8 Å². The lowest BCUT2D eigenvalue weighted by atomic mass is 9.94. The van der Waals surface area contributed by atoms with Crippen LogP contribution in [-0.2, 0) is 11.3 Å². The van der Waals surface area contributed by atoms with Gasteiger partial charge in [0, 0.05) is 31.1 Å². The number of aryl methyl sites for hydroxylation is 3. The van der Waals surface area contributed by atoms with Gasteiger partial charge in [-0.1, -0.05) is 36.4 Å². The zero-order valence-corrected chi connectivity index (χ0v) is 20.1. The minimum atomic E-state index is 0.0658. The van der Waals surface area contributed by atoms with Gasteiger partial charge in [0.25, 0.3) is 0 Å². The largest absolute Gasteiger partial charge is 0.323 e. The summed E-state index contributed by atoms with van der Waals surface area (Å²) < 4.78 is 2.35. The number of carbonyl (C=O) groups excluding carboxylic acids is 1. The van der Waals surface area contributed by atoms with Crippen LogP contribution in [0.2, 0.25) is 0 Å². The second-order valence-corrected chi connectivity index (χ2v) is 9.48. The Morgan fingerprint density at radius 1 is 0.879 bits per heavy atom. The highest BCUT2D eigenvalue weighted by Crippen LogP contribution is 2.35. The summed E-state index contributed by atoms with van der Waals surface area (Å²) in [5, 5.41) is 0. The summed E-state index contributed by atoms with van der Waals surface area (Å²) in [6, 6.07) is 18.7. The van der Waals surface area contributed by atoms with E-state index in [4.69, 9.17) is 4.98 Å². The Hall–Kier alpha value is -3.40. The van der Waals surface area contributed by atoms with Crippen LogP contribution in [0.1, 0.15) is 51.5 Å². The number of aromatic nitrogens is 2. The molecule has 5 rings (SSSR count). The second kappa shape index (κ2) is 8.18. The minimum absolute atomic E-state index is 0.0658. The maximum absolute atomic E-state index is 13.1. The van der Waals surface area contributed by atoms with E-state index in [1.807, 2.05) is 29.2 Å². The number of nitrogens with zero attached hydrogens (tertiary/aromatic N) is 3. The zero-order chi connectivity index (χ0) is 23.3. The Kier molecular flexibility index (Phi) is 5.32. The fraction of sp³-hybridized carbons (Fsp3) is 0.310. The van der Waals surface area contributed by atoms with Crippen molar-refractivity contribution in [2.24, 2.45) is 0 Å². The Bertz CT molecular complexity index is 1360. The fourth-order valence-electron chi connectivity index (χ4n) is 5.25. The number of benzene rings is 3. The van der Waals surface area contributed by atoms with Gasteiger partial charge >= 0.3 is 0 Å². The number of fused-ring (bicyclic) bond motifs is 1. The van der Waals surface area contributed by atoms with Crippen molar-refractivity contribution in [2.75, 3.05) is 11.4 Å². The third kappa shape index (κ3) is 3.64. The number of anilines is 1. The average molecular weight is 438 g/mol. The van der Waals surface area contributed by atoms with E-state index in [9.17, 15) is 4.79 Å². The fourth-order valence-corrected chi connectivity index (χ4v) is 5.25. The third-order valence-electron chi connectivity index (χ3n) is 7.42. The molecular formula is C29H31N3O. The van der Waals surface area contributed by atoms with Gasteiger partial charge in [0.1, 0.15) is 5.82 Å². The number of hydrogen-bond donors (Lipinski definition) is 0. The number of carbonyl (C=O) groups is 1. The first kappa shape index (κ1) is 21.4. The van der Waals surface area contributed by atoms with Gasteiger partial charge in [0.15, 0.2) is 0 Å². The van der Waals surface area contributed by atoms with Crippen molar-refractivity contribution in [1.82, 2.24) is 9.55 Å². The normalized spacial score (nSPS) is 16.2. The molecule has 0 saturated carbocycles. The molecule has 0 bridgehead atoms. The van der Waals surface area contributed by atoms with Crippen molar-refractivity contribution in [2.45, 2.75) is 53.5 Å². The summed E-state index contributed by atoms with van der Waals surface area (Å²) >= 11 is 0. The van der Waals surface area contributed by atoms with Crippen molar-refractivity contribution in [1.29, 1.82) is 0 Å².